The van der Waals surface area contributed by atoms with Crippen LogP contribution >= 0.6 is 0 Å². The molecule has 2 aromatic carbocycles. The Morgan fingerprint density at radius 1 is 1.00 bits per heavy atom. The normalized spacial score (nSPS) is 11.3. The maximum atomic E-state index is 13.2. The summed E-state index contributed by atoms with van der Waals surface area (Å²) in [6, 6.07) is 8.72. The summed E-state index contributed by atoms with van der Waals surface area (Å²) in [5.74, 6) is 1.98. The number of ketones is 1. The molecule has 0 radical (unpaired) electrons. The topological polar surface area (TPSA) is 80.0 Å². The molecule has 156 valence electrons. The Kier molecular flexibility index (Phi) is 7.53. The van der Waals surface area contributed by atoms with Crippen LogP contribution in [0.2, 0.25) is 0 Å². The monoisotopic (exact) mass is 399 g/mol. The first-order valence-electron chi connectivity index (χ1n) is 9.45. The average Bonchev–Trinajstić information content (AvgIpc) is 2.71. The Morgan fingerprint density at radius 3 is 2.17 bits per heavy atom. The number of benzene rings is 2. The summed E-state index contributed by atoms with van der Waals surface area (Å²) in [6.45, 7) is 6.33. The van der Waals surface area contributed by atoms with Crippen molar-refractivity contribution in [2.75, 3.05) is 33.7 Å². The lowest BCUT2D eigenvalue weighted by Crippen LogP contribution is -2.10. The highest BCUT2D eigenvalue weighted by atomic mass is 16.5. The van der Waals surface area contributed by atoms with Crippen LogP contribution in [-0.4, -0.2) is 33.7 Å². The third-order valence-corrected chi connectivity index (χ3v) is 4.50. The van der Waals surface area contributed by atoms with Crippen molar-refractivity contribution in [2.45, 2.75) is 20.8 Å². The van der Waals surface area contributed by atoms with Gasteiger partial charge in [0.25, 0.3) is 0 Å². The summed E-state index contributed by atoms with van der Waals surface area (Å²) in [7, 11) is 4.66. The third kappa shape index (κ3) is 4.83. The zero-order valence-corrected chi connectivity index (χ0v) is 17.9. The number of rotatable bonds is 9. The first kappa shape index (κ1) is 22.1. The van der Waals surface area contributed by atoms with E-state index in [1.807, 2.05) is 32.9 Å². The number of carbonyl (C=O) groups excluding carboxylic acids is 1. The average molecular weight is 399 g/mol. The van der Waals surface area contributed by atoms with Crippen molar-refractivity contribution in [3.05, 3.63) is 47.0 Å². The van der Waals surface area contributed by atoms with Gasteiger partial charge in [-0.1, -0.05) is 13.8 Å². The molecular formula is C23H29NO5. The van der Waals surface area contributed by atoms with Gasteiger partial charge in [0.2, 0.25) is 5.75 Å². The predicted molar refractivity (Wildman–Crippen MR) is 115 cm³/mol. The van der Waals surface area contributed by atoms with E-state index in [9.17, 15) is 4.79 Å². The molecule has 0 aliphatic carbocycles. The number of methoxy groups -OCH3 is 3. The number of Topliss-reactive ketones (excluding diaryl/α,β-unsaturated/α-hetero) is 1. The third-order valence-electron chi connectivity index (χ3n) is 4.50. The minimum absolute atomic E-state index is 0.0203. The molecule has 0 fully saturated rings. The molecule has 2 aromatic rings. The Labute approximate surface area is 172 Å². The van der Waals surface area contributed by atoms with E-state index in [4.69, 9.17) is 24.7 Å². The van der Waals surface area contributed by atoms with E-state index in [0.29, 0.717) is 46.4 Å². The van der Waals surface area contributed by atoms with Gasteiger partial charge in [-0.25, -0.2) is 0 Å². The van der Waals surface area contributed by atoms with Crippen molar-refractivity contribution < 1.29 is 23.7 Å². The van der Waals surface area contributed by atoms with Gasteiger partial charge in [-0.15, -0.1) is 0 Å². The molecule has 6 nitrogen and oxygen atoms in total. The summed E-state index contributed by atoms with van der Waals surface area (Å²) in [4.78, 5) is 13.2. The molecular weight excluding hydrogens is 370 g/mol. The van der Waals surface area contributed by atoms with Crippen LogP contribution in [-0.2, 0) is 0 Å². The van der Waals surface area contributed by atoms with Gasteiger partial charge in [0, 0.05) is 16.7 Å². The first-order valence-corrected chi connectivity index (χ1v) is 9.45. The van der Waals surface area contributed by atoms with Crippen LogP contribution in [0.4, 0.5) is 5.69 Å². The summed E-state index contributed by atoms with van der Waals surface area (Å²) >= 11 is 0. The van der Waals surface area contributed by atoms with Gasteiger partial charge in [0.15, 0.2) is 17.3 Å². The number of ether oxygens (including phenoxy) is 4. The largest absolute Gasteiger partial charge is 0.493 e. The molecule has 0 aliphatic rings. The highest BCUT2D eigenvalue weighted by molar-refractivity contribution is 6.12. The van der Waals surface area contributed by atoms with Crippen LogP contribution in [0.3, 0.4) is 0 Å². The molecule has 0 unspecified atom stereocenters. The summed E-state index contributed by atoms with van der Waals surface area (Å²) in [5.41, 5.74) is 8.33. The molecule has 29 heavy (non-hydrogen) atoms. The van der Waals surface area contributed by atoms with Crippen LogP contribution in [0.25, 0.3) is 6.08 Å². The van der Waals surface area contributed by atoms with Gasteiger partial charge in [-0.3, -0.25) is 4.79 Å². The lowest BCUT2D eigenvalue weighted by molar-refractivity contribution is 0.102. The van der Waals surface area contributed by atoms with Gasteiger partial charge in [0.1, 0.15) is 5.75 Å². The maximum Gasteiger partial charge on any atom is 0.203 e. The van der Waals surface area contributed by atoms with Crippen molar-refractivity contribution in [1.82, 2.24) is 0 Å². The number of allylic oxidation sites excluding steroid dienone is 1. The smallest absolute Gasteiger partial charge is 0.203 e. The molecule has 0 bridgehead atoms. The molecule has 0 aliphatic heterocycles. The van der Waals surface area contributed by atoms with E-state index < -0.39 is 0 Å². The van der Waals surface area contributed by atoms with E-state index in [1.165, 1.54) is 0 Å². The molecule has 2 N–H and O–H groups in total. The van der Waals surface area contributed by atoms with Gasteiger partial charge in [-0.05, 0) is 49.2 Å². The van der Waals surface area contributed by atoms with E-state index in [2.05, 4.69) is 0 Å². The van der Waals surface area contributed by atoms with E-state index in [0.717, 1.165) is 5.56 Å². The van der Waals surface area contributed by atoms with Gasteiger partial charge in [-0.2, -0.15) is 0 Å². The SMILES string of the molecule is CCOc1ccc(C(=O)C(=Cc2ccc(OC)c(OC)c2OC)C(C)C)cc1N. The van der Waals surface area contributed by atoms with E-state index in [-0.39, 0.29) is 11.7 Å². The Hall–Kier alpha value is -3.15. The highest BCUT2D eigenvalue weighted by Gasteiger charge is 2.20. The minimum Gasteiger partial charge on any atom is -0.493 e. The zero-order valence-electron chi connectivity index (χ0n) is 17.9. The molecule has 6 heteroatoms. The van der Waals surface area contributed by atoms with Crippen LogP contribution in [0, 0.1) is 5.92 Å². The van der Waals surface area contributed by atoms with Crippen molar-refractivity contribution in [3.63, 3.8) is 0 Å². The summed E-state index contributed by atoms with van der Waals surface area (Å²) in [6.07, 6.45) is 1.82. The molecule has 0 spiro atoms. The second-order valence-electron chi connectivity index (χ2n) is 6.69. The fourth-order valence-electron chi connectivity index (χ4n) is 3.04. The highest BCUT2D eigenvalue weighted by Crippen LogP contribution is 2.41. The molecule has 0 saturated carbocycles. The molecule has 0 amide bonds. The molecule has 0 heterocycles. The van der Waals surface area contributed by atoms with Crippen molar-refractivity contribution in [3.8, 4) is 23.0 Å². The summed E-state index contributed by atoms with van der Waals surface area (Å²) < 4.78 is 21.8. The van der Waals surface area contributed by atoms with Gasteiger partial charge in [0.05, 0.1) is 33.6 Å². The van der Waals surface area contributed by atoms with E-state index in [1.54, 1.807) is 45.6 Å². The Balaban J connectivity index is 2.53. The fraction of sp³-hybridized carbons (Fsp3) is 0.348. The Morgan fingerprint density at radius 2 is 1.66 bits per heavy atom. The number of anilines is 1. The standard InChI is InChI=1S/C23H29NO5/c1-7-29-19-10-8-15(13-18(19)24)21(25)17(14(2)3)12-16-9-11-20(26-4)23(28-6)22(16)27-5/h8-14H,7,24H2,1-6H3. The quantitative estimate of drug-likeness (QED) is 0.377. The lowest BCUT2D eigenvalue weighted by Gasteiger charge is -2.16. The van der Waals surface area contributed by atoms with Crippen LogP contribution in [0.1, 0.15) is 36.7 Å². The van der Waals surface area contributed by atoms with Crippen molar-refractivity contribution in [1.29, 1.82) is 0 Å². The summed E-state index contributed by atoms with van der Waals surface area (Å²) in [5, 5.41) is 0. The molecule has 0 saturated heterocycles. The second kappa shape index (κ2) is 9.87. The zero-order chi connectivity index (χ0) is 21.6. The molecule has 0 atom stereocenters. The van der Waals surface area contributed by atoms with Crippen molar-refractivity contribution in [2.24, 2.45) is 5.92 Å². The minimum atomic E-state index is -0.105. The van der Waals surface area contributed by atoms with Crippen LogP contribution in [0.5, 0.6) is 23.0 Å². The number of nitrogens with two attached hydrogens (primary N) is 1. The predicted octanol–water partition coefficient (Wildman–Crippen LogP) is 4.62. The number of nitrogen functional groups attached to an aromatic ring is 1. The Bertz CT molecular complexity index is 902. The number of hydrogen-bond donors (Lipinski definition) is 1. The van der Waals surface area contributed by atoms with Crippen LogP contribution < -0.4 is 24.7 Å². The van der Waals surface area contributed by atoms with Gasteiger partial charge >= 0.3 is 0 Å². The molecule has 2 rings (SSSR count). The fourth-order valence-corrected chi connectivity index (χ4v) is 3.04. The van der Waals surface area contributed by atoms with Gasteiger partial charge < -0.3 is 24.7 Å². The maximum absolute atomic E-state index is 13.2. The molecule has 0 aromatic heterocycles. The first-order chi connectivity index (χ1) is 13.9. The second-order valence-corrected chi connectivity index (χ2v) is 6.69. The lowest BCUT2D eigenvalue weighted by atomic mass is 9.92. The van der Waals surface area contributed by atoms with Crippen molar-refractivity contribution >= 4 is 17.5 Å². The number of carbonyl (C=O) groups is 1. The van der Waals surface area contributed by atoms with Crippen LogP contribution in [0.15, 0.2) is 35.9 Å². The van der Waals surface area contributed by atoms with E-state index >= 15 is 0 Å². The number of hydrogen-bond acceptors (Lipinski definition) is 6.